The van der Waals surface area contributed by atoms with E-state index in [2.05, 4.69) is 0 Å². The molecule has 0 heterocycles. The Kier molecular flexibility index (Phi) is 4.36. The number of aliphatic hydroxyl groups is 1. The molecule has 0 aromatic rings. The Hall–Kier alpha value is -0.460. The topological polar surface area (TPSA) is 133 Å². The highest BCUT2D eigenvalue weighted by molar-refractivity contribution is 7.51. The number of hydrogen-bond acceptors (Lipinski definition) is 4. The van der Waals surface area contributed by atoms with Crippen LogP contribution in [0.1, 0.15) is 0 Å². The van der Waals surface area contributed by atoms with Crippen LogP contribution in [0.3, 0.4) is 0 Å². The number of amides is 1. The van der Waals surface area contributed by atoms with Crippen molar-refractivity contribution in [3.8, 4) is 0 Å². The number of nitrogens with one attached hydrogen (secondary N) is 1. The third-order valence-electron chi connectivity index (χ3n) is 1.02. The Balaban J connectivity index is 3.96. The molecule has 0 aliphatic rings. The van der Waals surface area contributed by atoms with Crippen LogP contribution in [0.5, 0.6) is 0 Å². The molecule has 0 radical (unpaired) electrons. The molecule has 72 valence electrons. The standard InChI is InChI=1S/C4H11N2O5P/c5-3(1-12(9,10)11)4(8)6-2-7/h3,7H,1-2,5H2,(H,6,8)(H2,9,10,11). The highest BCUT2D eigenvalue weighted by atomic mass is 31.2. The Bertz CT molecular complexity index is 202. The van der Waals surface area contributed by atoms with Crippen molar-refractivity contribution in [2.75, 3.05) is 12.9 Å². The van der Waals surface area contributed by atoms with Gasteiger partial charge in [-0.15, -0.1) is 0 Å². The summed E-state index contributed by atoms with van der Waals surface area (Å²) in [6.45, 7) is -0.603. The van der Waals surface area contributed by atoms with Gasteiger partial charge >= 0.3 is 7.60 Å². The Morgan fingerprint density at radius 1 is 1.58 bits per heavy atom. The molecule has 1 amide bonds. The molecule has 0 aliphatic heterocycles. The zero-order chi connectivity index (χ0) is 9.78. The first-order valence-electron chi connectivity index (χ1n) is 3.05. The van der Waals surface area contributed by atoms with E-state index in [1.54, 1.807) is 0 Å². The number of carbonyl (C=O) groups is 1. The van der Waals surface area contributed by atoms with Gasteiger partial charge in [0, 0.05) is 0 Å². The summed E-state index contributed by atoms with van der Waals surface area (Å²) in [6, 6.07) is -1.29. The summed E-state index contributed by atoms with van der Waals surface area (Å²) in [5.41, 5.74) is 5.07. The van der Waals surface area contributed by atoms with Crippen LogP contribution < -0.4 is 11.1 Å². The van der Waals surface area contributed by atoms with Gasteiger partial charge in [0.25, 0.3) is 0 Å². The maximum absolute atomic E-state index is 10.7. The van der Waals surface area contributed by atoms with Crippen LogP contribution in [-0.4, -0.2) is 39.7 Å². The second-order valence-electron chi connectivity index (χ2n) is 2.15. The van der Waals surface area contributed by atoms with Gasteiger partial charge in [-0.1, -0.05) is 0 Å². The van der Waals surface area contributed by atoms with Crippen molar-refractivity contribution in [1.29, 1.82) is 0 Å². The minimum Gasteiger partial charge on any atom is -0.376 e. The molecule has 0 saturated carbocycles. The molecule has 0 fully saturated rings. The highest BCUT2D eigenvalue weighted by Gasteiger charge is 2.23. The van der Waals surface area contributed by atoms with Gasteiger partial charge in [-0.3, -0.25) is 9.36 Å². The van der Waals surface area contributed by atoms with Gasteiger partial charge in [-0.2, -0.15) is 0 Å². The zero-order valence-corrected chi connectivity index (χ0v) is 7.07. The summed E-state index contributed by atoms with van der Waals surface area (Å²) < 4.78 is 10.3. The lowest BCUT2D eigenvalue weighted by molar-refractivity contribution is -0.123. The van der Waals surface area contributed by atoms with E-state index in [0.717, 1.165) is 0 Å². The number of rotatable bonds is 4. The van der Waals surface area contributed by atoms with Crippen LogP contribution in [0.25, 0.3) is 0 Å². The summed E-state index contributed by atoms with van der Waals surface area (Å²) in [5, 5.41) is 10.1. The quantitative estimate of drug-likeness (QED) is 0.251. The van der Waals surface area contributed by atoms with E-state index in [1.165, 1.54) is 0 Å². The molecule has 0 rings (SSSR count). The zero-order valence-electron chi connectivity index (χ0n) is 6.17. The fraction of sp³-hybridized carbons (Fsp3) is 0.750. The third-order valence-corrected chi connectivity index (χ3v) is 1.89. The summed E-state index contributed by atoms with van der Waals surface area (Å²) in [6.07, 6.45) is -0.723. The smallest absolute Gasteiger partial charge is 0.327 e. The molecule has 0 aliphatic carbocycles. The second-order valence-corrected chi connectivity index (χ2v) is 3.85. The fourth-order valence-electron chi connectivity index (χ4n) is 0.548. The molecular weight excluding hydrogens is 187 g/mol. The van der Waals surface area contributed by atoms with Gasteiger partial charge in [-0.05, 0) is 0 Å². The SMILES string of the molecule is NC(CP(=O)(O)O)C(=O)NCO. The molecule has 0 spiro atoms. The van der Waals surface area contributed by atoms with Crippen LogP contribution in [0.4, 0.5) is 0 Å². The van der Waals surface area contributed by atoms with Gasteiger partial charge in [0.05, 0.1) is 12.2 Å². The van der Waals surface area contributed by atoms with Crippen molar-refractivity contribution < 1.29 is 24.3 Å². The van der Waals surface area contributed by atoms with Gasteiger partial charge < -0.3 is 25.9 Å². The molecule has 0 aromatic carbocycles. The van der Waals surface area contributed by atoms with Gasteiger partial charge in [0.2, 0.25) is 5.91 Å². The summed E-state index contributed by atoms with van der Waals surface area (Å²) >= 11 is 0. The minimum atomic E-state index is -4.27. The molecule has 0 saturated heterocycles. The van der Waals surface area contributed by atoms with Crippen LogP contribution in [0.15, 0.2) is 0 Å². The summed E-state index contributed by atoms with van der Waals surface area (Å²) in [5.74, 6) is -0.791. The van der Waals surface area contributed by atoms with Crippen molar-refractivity contribution >= 4 is 13.5 Å². The van der Waals surface area contributed by atoms with E-state index in [-0.39, 0.29) is 0 Å². The summed E-state index contributed by atoms with van der Waals surface area (Å²) in [7, 11) is -4.27. The van der Waals surface area contributed by atoms with Crippen molar-refractivity contribution in [2.24, 2.45) is 5.73 Å². The molecule has 12 heavy (non-hydrogen) atoms. The first-order valence-corrected chi connectivity index (χ1v) is 4.85. The third kappa shape index (κ3) is 5.22. The number of nitrogens with two attached hydrogens (primary N) is 1. The van der Waals surface area contributed by atoms with Gasteiger partial charge in [-0.25, -0.2) is 0 Å². The van der Waals surface area contributed by atoms with E-state index < -0.39 is 32.4 Å². The molecule has 0 bridgehead atoms. The van der Waals surface area contributed by atoms with Crippen LogP contribution in [0, 0.1) is 0 Å². The lowest BCUT2D eigenvalue weighted by Gasteiger charge is -2.11. The number of carbonyl (C=O) groups excluding carboxylic acids is 1. The van der Waals surface area contributed by atoms with Gasteiger partial charge in [0.15, 0.2) is 0 Å². The Morgan fingerprint density at radius 3 is 2.42 bits per heavy atom. The highest BCUT2D eigenvalue weighted by Crippen LogP contribution is 2.34. The van der Waals surface area contributed by atoms with Crippen LogP contribution >= 0.6 is 7.60 Å². The molecule has 1 unspecified atom stereocenters. The largest absolute Gasteiger partial charge is 0.376 e. The maximum Gasteiger partial charge on any atom is 0.327 e. The van der Waals surface area contributed by atoms with Gasteiger partial charge in [0.1, 0.15) is 6.73 Å². The molecule has 6 N–H and O–H groups in total. The maximum atomic E-state index is 10.7. The average Bonchev–Trinajstić information content (AvgIpc) is 1.84. The number of aliphatic hydroxyl groups excluding tert-OH is 1. The Morgan fingerprint density at radius 2 is 2.08 bits per heavy atom. The lowest BCUT2D eigenvalue weighted by atomic mass is 10.3. The normalized spacial score (nSPS) is 14.0. The molecule has 8 heteroatoms. The van der Waals surface area contributed by atoms with Crippen molar-refractivity contribution in [3.63, 3.8) is 0 Å². The Labute approximate surface area is 68.7 Å². The van der Waals surface area contributed by atoms with Crippen molar-refractivity contribution in [2.45, 2.75) is 6.04 Å². The molecule has 1 atom stereocenters. The first kappa shape index (κ1) is 11.5. The predicted molar refractivity (Wildman–Crippen MR) is 40.1 cm³/mol. The average molecular weight is 198 g/mol. The van der Waals surface area contributed by atoms with Crippen molar-refractivity contribution in [1.82, 2.24) is 5.32 Å². The van der Waals surface area contributed by atoms with E-state index in [0.29, 0.717) is 0 Å². The predicted octanol–water partition coefficient (Wildman–Crippen LogP) is -2.44. The second kappa shape index (κ2) is 4.54. The van der Waals surface area contributed by atoms with E-state index in [1.807, 2.05) is 5.32 Å². The molecular formula is C4H11N2O5P. The molecule has 7 nitrogen and oxygen atoms in total. The summed E-state index contributed by atoms with van der Waals surface area (Å²) in [4.78, 5) is 27.5. The first-order chi connectivity index (χ1) is 5.37. The lowest BCUT2D eigenvalue weighted by Crippen LogP contribution is -2.43. The van der Waals surface area contributed by atoms with E-state index >= 15 is 0 Å². The minimum absolute atomic E-state index is 0.603. The number of hydrogen-bond donors (Lipinski definition) is 5. The molecule has 0 aromatic heterocycles. The van der Waals surface area contributed by atoms with Crippen LogP contribution in [-0.2, 0) is 9.36 Å². The fourth-order valence-corrected chi connectivity index (χ4v) is 1.23. The van der Waals surface area contributed by atoms with Crippen molar-refractivity contribution in [3.05, 3.63) is 0 Å². The monoisotopic (exact) mass is 198 g/mol. The van der Waals surface area contributed by atoms with Crippen LogP contribution in [0.2, 0.25) is 0 Å². The van der Waals surface area contributed by atoms with E-state index in [9.17, 15) is 9.36 Å². The van der Waals surface area contributed by atoms with E-state index in [4.69, 9.17) is 20.6 Å².